The van der Waals surface area contributed by atoms with Crippen LogP contribution >= 0.6 is 11.6 Å². The van der Waals surface area contributed by atoms with Crippen LogP contribution in [0.1, 0.15) is 11.1 Å². The second-order valence-electron chi connectivity index (χ2n) is 4.17. The first kappa shape index (κ1) is 15.3. The molecule has 5 heteroatoms. The standard InChI is InChI=1S/C16H12ClF2NO/c17-13-4-6-15(18)12(8-13)10-21-14-5-3-11(2-1-7-20)16(19)9-14/h3-6,8-9H,7,10,20H2. The topological polar surface area (TPSA) is 35.2 Å². The molecule has 108 valence electrons. The maximum Gasteiger partial charge on any atom is 0.142 e. The van der Waals surface area contributed by atoms with Crippen LogP contribution in [0.2, 0.25) is 5.02 Å². The zero-order valence-electron chi connectivity index (χ0n) is 11.0. The third kappa shape index (κ3) is 4.19. The van der Waals surface area contributed by atoms with E-state index in [0.717, 1.165) is 0 Å². The molecule has 0 aliphatic carbocycles. The Kier molecular flexibility index (Phi) is 5.15. The minimum absolute atomic E-state index is 0.0420. The van der Waals surface area contributed by atoms with Gasteiger partial charge in [-0.3, -0.25) is 0 Å². The van der Waals surface area contributed by atoms with Gasteiger partial charge in [-0.25, -0.2) is 8.78 Å². The first-order valence-electron chi connectivity index (χ1n) is 6.15. The van der Waals surface area contributed by atoms with Crippen LogP contribution in [0, 0.1) is 23.5 Å². The average Bonchev–Trinajstić information content (AvgIpc) is 2.47. The number of hydrogen-bond donors (Lipinski definition) is 1. The molecule has 0 radical (unpaired) electrons. The van der Waals surface area contributed by atoms with Crippen molar-refractivity contribution in [2.24, 2.45) is 5.73 Å². The van der Waals surface area contributed by atoms with Crippen molar-refractivity contribution in [3.8, 4) is 17.6 Å². The van der Waals surface area contributed by atoms with Gasteiger partial charge < -0.3 is 10.5 Å². The van der Waals surface area contributed by atoms with E-state index in [2.05, 4.69) is 11.8 Å². The number of ether oxygens (including phenoxy) is 1. The average molecular weight is 308 g/mol. The highest BCUT2D eigenvalue weighted by atomic mass is 35.5. The molecule has 0 aromatic heterocycles. The van der Waals surface area contributed by atoms with Crippen molar-refractivity contribution in [2.75, 3.05) is 6.54 Å². The molecule has 0 unspecified atom stereocenters. The minimum atomic E-state index is -0.514. The summed E-state index contributed by atoms with van der Waals surface area (Å²) >= 11 is 5.79. The van der Waals surface area contributed by atoms with Gasteiger partial charge in [0.1, 0.15) is 24.0 Å². The van der Waals surface area contributed by atoms with Gasteiger partial charge in [0.25, 0.3) is 0 Å². The number of hydrogen-bond acceptors (Lipinski definition) is 2. The lowest BCUT2D eigenvalue weighted by atomic mass is 10.2. The van der Waals surface area contributed by atoms with E-state index in [1.807, 2.05) is 0 Å². The summed E-state index contributed by atoms with van der Waals surface area (Å²) < 4.78 is 32.6. The molecule has 2 aromatic carbocycles. The van der Waals surface area contributed by atoms with E-state index < -0.39 is 11.6 Å². The molecule has 2 rings (SSSR count). The maximum absolute atomic E-state index is 13.7. The summed E-state index contributed by atoms with van der Waals surface area (Å²) in [6.45, 7) is 0.116. The normalized spacial score (nSPS) is 9.90. The number of benzene rings is 2. The Morgan fingerprint density at radius 2 is 1.90 bits per heavy atom. The van der Waals surface area contributed by atoms with Crippen molar-refractivity contribution >= 4 is 11.6 Å². The van der Waals surface area contributed by atoms with Gasteiger partial charge in [0.05, 0.1) is 12.1 Å². The highest BCUT2D eigenvalue weighted by Gasteiger charge is 2.06. The quantitative estimate of drug-likeness (QED) is 0.881. The first-order chi connectivity index (χ1) is 10.1. The van der Waals surface area contributed by atoms with Crippen LogP contribution in [0.5, 0.6) is 5.75 Å². The molecule has 0 fully saturated rings. The van der Waals surface area contributed by atoms with Gasteiger partial charge in [0.15, 0.2) is 0 Å². The fraction of sp³-hybridized carbons (Fsp3) is 0.125. The lowest BCUT2D eigenvalue weighted by molar-refractivity contribution is 0.298. The van der Waals surface area contributed by atoms with Gasteiger partial charge in [-0.2, -0.15) is 0 Å². The summed E-state index contributed by atoms with van der Waals surface area (Å²) in [7, 11) is 0. The van der Waals surface area contributed by atoms with Crippen LogP contribution < -0.4 is 10.5 Å². The van der Waals surface area contributed by atoms with Crippen LogP contribution in [0.25, 0.3) is 0 Å². The van der Waals surface area contributed by atoms with E-state index in [-0.39, 0.29) is 24.5 Å². The molecular weight excluding hydrogens is 296 g/mol. The Labute approximate surface area is 126 Å². The van der Waals surface area contributed by atoms with Gasteiger partial charge in [-0.05, 0) is 30.3 Å². The largest absolute Gasteiger partial charge is 0.489 e. The molecule has 2 N–H and O–H groups in total. The number of halogens is 3. The fourth-order valence-corrected chi connectivity index (χ4v) is 1.84. The summed E-state index contributed by atoms with van der Waals surface area (Å²) in [4.78, 5) is 0. The third-order valence-corrected chi connectivity index (χ3v) is 2.90. The lowest BCUT2D eigenvalue weighted by Gasteiger charge is -2.08. The van der Waals surface area contributed by atoms with Crippen molar-refractivity contribution in [3.63, 3.8) is 0 Å². The molecule has 2 nitrogen and oxygen atoms in total. The molecule has 0 aliphatic heterocycles. The van der Waals surface area contributed by atoms with Crippen LogP contribution in [-0.2, 0) is 6.61 Å². The molecule has 0 heterocycles. The molecule has 0 bridgehead atoms. The summed E-state index contributed by atoms with van der Waals surface area (Å²) in [6, 6.07) is 8.42. The summed E-state index contributed by atoms with van der Waals surface area (Å²) in [5.41, 5.74) is 5.77. The summed E-state index contributed by atoms with van der Waals surface area (Å²) in [6.07, 6.45) is 0. The van der Waals surface area contributed by atoms with E-state index in [1.165, 1.54) is 30.3 Å². The Bertz CT molecular complexity index is 707. The molecule has 0 saturated heterocycles. The molecule has 0 saturated carbocycles. The maximum atomic E-state index is 13.7. The summed E-state index contributed by atoms with van der Waals surface area (Å²) in [5.74, 6) is 4.52. The van der Waals surface area contributed by atoms with E-state index in [1.54, 1.807) is 6.07 Å². The van der Waals surface area contributed by atoms with Gasteiger partial charge >= 0.3 is 0 Å². The second-order valence-corrected chi connectivity index (χ2v) is 4.61. The minimum Gasteiger partial charge on any atom is -0.489 e. The Balaban J connectivity index is 2.10. The van der Waals surface area contributed by atoms with Gasteiger partial charge in [-0.1, -0.05) is 23.4 Å². The Hall–Kier alpha value is -2.09. The van der Waals surface area contributed by atoms with Crippen molar-refractivity contribution in [2.45, 2.75) is 6.61 Å². The molecule has 21 heavy (non-hydrogen) atoms. The van der Waals surface area contributed by atoms with Gasteiger partial charge in [-0.15, -0.1) is 0 Å². The van der Waals surface area contributed by atoms with Gasteiger partial charge in [0, 0.05) is 16.7 Å². The lowest BCUT2D eigenvalue weighted by Crippen LogP contribution is -1.99. The Morgan fingerprint density at radius 3 is 2.62 bits per heavy atom. The van der Waals surface area contributed by atoms with Gasteiger partial charge in [0.2, 0.25) is 0 Å². The number of nitrogens with two attached hydrogens (primary N) is 1. The van der Waals surface area contributed by atoms with Crippen LogP contribution in [-0.4, -0.2) is 6.54 Å². The molecular formula is C16H12ClF2NO. The molecule has 0 amide bonds. The van der Waals surface area contributed by atoms with E-state index in [9.17, 15) is 8.78 Å². The predicted molar refractivity (Wildman–Crippen MR) is 78.1 cm³/mol. The molecule has 2 aromatic rings. The van der Waals surface area contributed by atoms with Crippen molar-refractivity contribution < 1.29 is 13.5 Å². The van der Waals surface area contributed by atoms with E-state index in [0.29, 0.717) is 10.6 Å². The van der Waals surface area contributed by atoms with E-state index >= 15 is 0 Å². The number of rotatable bonds is 3. The zero-order valence-corrected chi connectivity index (χ0v) is 11.8. The van der Waals surface area contributed by atoms with Crippen molar-refractivity contribution in [1.29, 1.82) is 0 Å². The SMILES string of the molecule is NCC#Cc1ccc(OCc2cc(Cl)ccc2F)cc1F. The zero-order chi connectivity index (χ0) is 15.2. The summed E-state index contributed by atoms with van der Waals surface area (Å²) in [5, 5.41) is 0.411. The Morgan fingerprint density at radius 1 is 1.10 bits per heavy atom. The van der Waals surface area contributed by atoms with Crippen molar-refractivity contribution in [1.82, 2.24) is 0 Å². The third-order valence-electron chi connectivity index (χ3n) is 2.67. The van der Waals surface area contributed by atoms with Crippen LogP contribution in [0.3, 0.4) is 0 Å². The predicted octanol–water partition coefficient (Wildman–Crippen LogP) is 3.51. The highest BCUT2D eigenvalue weighted by molar-refractivity contribution is 6.30. The first-order valence-corrected chi connectivity index (χ1v) is 6.53. The van der Waals surface area contributed by atoms with Crippen LogP contribution in [0.15, 0.2) is 36.4 Å². The second kappa shape index (κ2) is 7.07. The monoisotopic (exact) mass is 307 g/mol. The molecule has 0 aliphatic rings. The highest BCUT2D eigenvalue weighted by Crippen LogP contribution is 2.20. The molecule has 0 atom stereocenters. The van der Waals surface area contributed by atoms with Crippen molar-refractivity contribution in [3.05, 3.63) is 64.2 Å². The van der Waals surface area contributed by atoms with Crippen LogP contribution in [0.4, 0.5) is 8.78 Å². The van der Waals surface area contributed by atoms with E-state index in [4.69, 9.17) is 22.1 Å². The smallest absolute Gasteiger partial charge is 0.142 e. The fourth-order valence-electron chi connectivity index (χ4n) is 1.65. The molecule has 0 spiro atoms.